The van der Waals surface area contributed by atoms with Crippen LogP contribution in [-0.2, 0) is 4.79 Å². The number of fused-ring (bicyclic) bond motifs is 1. The fourth-order valence-electron chi connectivity index (χ4n) is 2.09. The number of amides is 2. The molecule has 2 aromatic rings. The molecule has 2 N–H and O–H groups in total. The number of halogens is 1. The summed E-state index contributed by atoms with van der Waals surface area (Å²) < 4.78 is 5.45. The Kier molecular flexibility index (Phi) is 3.73. The smallest absolute Gasteiger partial charge is 0.265 e. The molecule has 0 aromatic heterocycles. The molecule has 1 aliphatic rings. The summed E-state index contributed by atoms with van der Waals surface area (Å²) in [6.45, 7) is 1.67. The minimum atomic E-state index is -0.541. The Bertz CT molecular complexity index is 744. The zero-order valence-electron chi connectivity index (χ0n) is 11.7. The van der Waals surface area contributed by atoms with E-state index in [0.717, 1.165) is 0 Å². The molecule has 0 saturated carbocycles. The Balaban J connectivity index is 1.80. The van der Waals surface area contributed by atoms with Crippen LogP contribution in [0.15, 0.2) is 42.5 Å². The van der Waals surface area contributed by atoms with Crippen LogP contribution in [0.25, 0.3) is 0 Å². The predicted octanol–water partition coefficient (Wildman–Crippen LogP) is 3.31. The highest BCUT2D eigenvalue weighted by Crippen LogP contribution is 2.30. The molecule has 112 valence electrons. The zero-order chi connectivity index (χ0) is 15.7. The Hall–Kier alpha value is -2.53. The third-order valence-corrected chi connectivity index (χ3v) is 3.53. The largest absolute Gasteiger partial charge is 0.479 e. The van der Waals surface area contributed by atoms with Gasteiger partial charge in [0.05, 0.1) is 5.69 Å². The van der Waals surface area contributed by atoms with Crippen LogP contribution < -0.4 is 15.4 Å². The Morgan fingerprint density at radius 2 is 1.95 bits per heavy atom. The van der Waals surface area contributed by atoms with Crippen molar-refractivity contribution >= 4 is 34.8 Å². The van der Waals surface area contributed by atoms with Gasteiger partial charge in [-0.15, -0.1) is 0 Å². The number of hydrogen-bond donors (Lipinski definition) is 2. The van der Waals surface area contributed by atoms with Gasteiger partial charge >= 0.3 is 0 Å². The lowest BCUT2D eigenvalue weighted by atomic mass is 10.1. The minimum Gasteiger partial charge on any atom is -0.479 e. The second-order valence-electron chi connectivity index (χ2n) is 4.92. The number of rotatable bonds is 2. The van der Waals surface area contributed by atoms with Gasteiger partial charge in [0.2, 0.25) is 0 Å². The molecule has 1 aliphatic heterocycles. The first-order valence-electron chi connectivity index (χ1n) is 6.71. The molecule has 6 heteroatoms. The van der Waals surface area contributed by atoms with Crippen molar-refractivity contribution in [2.75, 3.05) is 10.6 Å². The van der Waals surface area contributed by atoms with Crippen molar-refractivity contribution in [3.8, 4) is 5.75 Å². The van der Waals surface area contributed by atoms with Crippen molar-refractivity contribution in [2.24, 2.45) is 0 Å². The van der Waals surface area contributed by atoms with Crippen LogP contribution in [0.4, 0.5) is 11.4 Å². The van der Waals surface area contributed by atoms with Crippen molar-refractivity contribution in [1.82, 2.24) is 0 Å². The number of carbonyl (C=O) groups excluding carboxylic acids is 2. The van der Waals surface area contributed by atoms with E-state index in [1.54, 1.807) is 49.4 Å². The van der Waals surface area contributed by atoms with Gasteiger partial charge < -0.3 is 15.4 Å². The van der Waals surface area contributed by atoms with Crippen LogP contribution in [0, 0.1) is 0 Å². The minimum absolute atomic E-state index is 0.234. The van der Waals surface area contributed by atoms with Crippen LogP contribution in [0.2, 0.25) is 5.02 Å². The molecule has 1 atom stereocenters. The summed E-state index contributed by atoms with van der Waals surface area (Å²) >= 11 is 5.80. The van der Waals surface area contributed by atoms with Crippen LogP contribution in [0.3, 0.4) is 0 Å². The van der Waals surface area contributed by atoms with E-state index in [4.69, 9.17) is 16.3 Å². The molecule has 3 rings (SSSR count). The fraction of sp³-hybridized carbons (Fsp3) is 0.125. The monoisotopic (exact) mass is 316 g/mol. The summed E-state index contributed by atoms with van der Waals surface area (Å²) in [6.07, 6.45) is -0.541. The molecule has 2 amide bonds. The lowest BCUT2D eigenvalue weighted by Gasteiger charge is -2.23. The van der Waals surface area contributed by atoms with E-state index in [-0.39, 0.29) is 11.8 Å². The molecule has 5 nitrogen and oxygen atoms in total. The first kappa shape index (κ1) is 14.4. The van der Waals surface area contributed by atoms with E-state index in [2.05, 4.69) is 10.6 Å². The van der Waals surface area contributed by atoms with Crippen LogP contribution >= 0.6 is 11.6 Å². The van der Waals surface area contributed by atoms with E-state index < -0.39 is 6.10 Å². The summed E-state index contributed by atoms with van der Waals surface area (Å²) in [4.78, 5) is 23.8. The molecule has 1 unspecified atom stereocenters. The summed E-state index contributed by atoms with van der Waals surface area (Å²) in [5.74, 6) is 0.0379. The van der Waals surface area contributed by atoms with Gasteiger partial charge in [-0.05, 0) is 49.4 Å². The highest BCUT2D eigenvalue weighted by atomic mass is 35.5. The van der Waals surface area contributed by atoms with Crippen molar-refractivity contribution < 1.29 is 14.3 Å². The third-order valence-electron chi connectivity index (χ3n) is 3.27. The molecule has 0 saturated heterocycles. The first-order valence-corrected chi connectivity index (χ1v) is 7.09. The van der Waals surface area contributed by atoms with Gasteiger partial charge in [-0.3, -0.25) is 9.59 Å². The van der Waals surface area contributed by atoms with Crippen LogP contribution in [0.1, 0.15) is 17.3 Å². The Morgan fingerprint density at radius 3 is 2.68 bits per heavy atom. The fourth-order valence-corrected chi connectivity index (χ4v) is 2.21. The van der Waals surface area contributed by atoms with Gasteiger partial charge in [0.15, 0.2) is 6.10 Å². The average molecular weight is 317 g/mol. The average Bonchev–Trinajstić information content (AvgIpc) is 2.50. The van der Waals surface area contributed by atoms with Crippen molar-refractivity contribution in [2.45, 2.75) is 13.0 Å². The molecule has 0 aliphatic carbocycles. The highest BCUT2D eigenvalue weighted by Gasteiger charge is 2.24. The lowest BCUT2D eigenvalue weighted by molar-refractivity contribution is -0.122. The van der Waals surface area contributed by atoms with Gasteiger partial charge in [-0.1, -0.05) is 11.6 Å². The molecule has 1 heterocycles. The number of nitrogens with one attached hydrogen (secondary N) is 2. The quantitative estimate of drug-likeness (QED) is 0.893. The van der Waals surface area contributed by atoms with E-state index >= 15 is 0 Å². The molecule has 2 aromatic carbocycles. The maximum atomic E-state index is 12.2. The van der Waals surface area contributed by atoms with Crippen LogP contribution in [0.5, 0.6) is 5.75 Å². The van der Waals surface area contributed by atoms with E-state index in [1.165, 1.54) is 0 Å². The second kappa shape index (κ2) is 5.69. The molecular weight excluding hydrogens is 304 g/mol. The normalized spacial score (nSPS) is 16.3. The SMILES string of the molecule is CC1Oc2ccc(C(=O)Nc3ccc(Cl)cc3)cc2NC1=O. The number of anilines is 2. The third kappa shape index (κ3) is 2.89. The topological polar surface area (TPSA) is 67.4 Å². The molecular formula is C16H13ClN2O3. The number of carbonyl (C=O) groups is 2. The Morgan fingerprint density at radius 1 is 1.23 bits per heavy atom. The summed E-state index contributed by atoms with van der Waals surface area (Å²) in [5.41, 5.74) is 1.56. The summed E-state index contributed by atoms with van der Waals surface area (Å²) in [5, 5.41) is 6.07. The van der Waals surface area contributed by atoms with Crippen molar-refractivity contribution in [3.63, 3.8) is 0 Å². The highest BCUT2D eigenvalue weighted by molar-refractivity contribution is 6.30. The molecule has 0 fully saturated rings. The van der Waals surface area contributed by atoms with Crippen molar-refractivity contribution in [3.05, 3.63) is 53.1 Å². The molecule has 0 radical (unpaired) electrons. The first-order chi connectivity index (χ1) is 10.5. The van der Waals surface area contributed by atoms with E-state index in [1.807, 2.05) is 0 Å². The number of ether oxygens (including phenoxy) is 1. The number of benzene rings is 2. The molecule has 0 spiro atoms. The Labute approximate surface area is 132 Å². The summed E-state index contributed by atoms with van der Waals surface area (Å²) in [7, 11) is 0. The molecule has 22 heavy (non-hydrogen) atoms. The lowest BCUT2D eigenvalue weighted by Crippen LogP contribution is -2.34. The van der Waals surface area contributed by atoms with E-state index in [0.29, 0.717) is 27.7 Å². The second-order valence-corrected chi connectivity index (χ2v) is 5.36. The van der Waals surface area contributed by atoms with Gasteiger partial charge in [0, 0.05) is 16.3 Å². The maximum absolute atomic E-state index is 12.2. The van der Waals surface area contributed by atoms with Gasteiger partial charge in [0.25, 0.3) is 11.8 Å². The predicted molar refractivity (Wildman–Crippen MR) is 84.6 cm³/mol. The maximum Gasteiger partial charge on any atom is 0.265 e. The van der Waals surface area contributed by atoms with Gasteiger partial charge in [-0.2, -0.15) is 0 Å². The summed E-state index contributed by atoms with van der Waals surface area (Å²) in [6, 6.07) is 11.7. The molecule has 0 bridgehead atoms. The zero-order valence-corrected chi connectivity index (χ0v) is 12.5. The number of hydrogen-bond acceptors (Lipinski definition) is 3. The van der Waals surface area contributed by atoms with Crippen LogP contribution in [-0.4, -0.2) is 17.9 Å². The van der Waals surface area contributed by atoms with E-state index in [9.17, 15) is 9.59 Å². The standard InChI is InChI=1S/C16H13ClN2O3/c1-9-15(20)19-13-8-10(2-7-14(13)22-9)16(21)18-12-5-3-11(17)4-6-12/h2-9H,1H3,(H,18,21)(H,19,20). The van der Waals surface area contributed by atoms with Crippen molar-refractivity contribution in [1.29, 1.82) is 0 Å². The van der Waals surface area contributed by atoms with Gasteiger partial charge in [0.1, 0.15) is 5.75 Å². The van der Waals surface area contributed by atoms with Gasteiger partial charge in [-0.25, -0.2) is 0 Å².